The van der Waals surface area contributed by atoms with Gasteiger partial charge < -0.3 is 15.2 Å². The second-order valence-corrected chi connectivity index (χ2v) is 6.32. The molecule has 2 N–H and O–H groups in total. The Kier molecular flexibility index (Phi) is 5.14. The Morgan fingerprint density at radius 1 is 1.50 bits per heavy atom. The summed E-state index contributed by atoms with van der Waals surface area (Å²) in [4.78, 5) is 28.4. The van der Waals surface area contributed by atoms with Gasteiger partial charge in [-0.2, -0.15) is 4.98 Å². The highest BCUT2D eigenvalue weighted by atomic mass is 32.1. The van der Waals surface area contributed by atoms with E-state index in [2.05, 4.69) is 30.4 Å². The lowest BCUT2D eigenvalue weighted by Gasteiger charge is -2.18. The van der Waals surface area contributed by atoms with Crippen LogP contribution in [0.15, 0.2) is 4.52 Å². The summed E-state index contributed by atoms with van der Waals surface area (Å²) < 4.78 is 8.99. The molecule has 1 fully saturated rings. The highest BCUT2D eigenvalue weighted by Gasteiger charge is 2.25. The number of amides is 2. The summed E-state index contributed by atoms with van der Waals surface area (Å²) in [5, 5.41) is 13.4. The number of aryl methyl sites for hydroxylation is 1. The summed E-state index contributed by atoms with van der Waals surface area (Å²) in [6.07, 6.45) is 2.75. The monoisotopic (exact) mass is 350 g/mol. The molecule has 9 nitrogen and oxygen atoms in total. The quantitative estimate of drug-likeness (QED) is 0.789. The van der Waals surface area contributed by atoms with Crippen molar-refractivity contribution in [1.82, 2.24) is 30.4 Å². The van der Waals surface area contributed by atoms with Gasteiger partial charge in [-0.25, -0.2) is 0 Å². The minimum absolute atomic E-state index is 0.00736. The van der Waals surface area contributed by atoms with E-state index in [0.29, 0.717) is 41.7 Å². The SMILES string of the molecule is CCCc1nnsc1C(=O)NCc1nc(C2CCNC(=O)C2)no1. The maximum Gasteiger partial charge on any atom is 0.265 e. The number of carbonyl (C=O) groups excluding carboxylic acids is 2. The van der Waals surface area contributed by atoms with E-state index in [0.717, 1.165) is 24.4 Å². The smallest absolute Gasteiger partial charge is 0.265 e. The van der Waals surface area contributed by atoms with Crippen molar-refractivity contribution < 1.29 is 14.1 Å². The van der Waals surface area contributed by atoms with Crippen LogP contribution in [-0.2, 0) is 17.8 Å². The highest BCUT2D eigenvalue weighted by Crippen LogP contribution is 2.23. The van der Waals surface area contributed by atoms with Crippen LogP contribution in [0.4, 0.5) is 0 Å². The molecule has 0 bridgehead atoms. The average Bonchev–Trinajstić information content (AvgIpc) is 3.22. The topological polar surface area (TPSA) is 123 Å². The number of aromatic nitrogens is 4. The van der Waals surface area contributed by atoms with E-state index >= 15 is 0 Å². The summed E-state index contributed by atoms with van der Waals surface area (Å²) >= 11 is 1.08. The number of hydrogen-bond donors (Lipinski definition) is 2. The minimum Gasteiger partial charge on any atom is -0.356 e. The standard InChI is InChI=1S/C14H18N6O3S/c1-2-3-9-12(24-20-18-9)14(22)16-7-11-17-13(19-23-11)8-4-5-15-10(21)6-8/h8H,2-7H2,1H3,(H,15,21)(H,16,22). The molecule has 0 spiro atoms. The lowest BCUT2D eigenvalue weighted by molar-refractivity contribution is -0.122. The third-order valence-electron chi connectivity index (χ3n) is 3.74. The molecule has 1 unspecified atom stereocenters. The van der Waals surface area contributed by atoms with Crippen molar-refractivity contribution >= 4 is 23.3 Å². The van der Waals surface area contributed by atoms with Crippen molar-refractivity contribution in [2.45, 2.75) is 45.1 Å². The predicted molar refractivity (Wildman–Crippen MR) is 84.4 cm³/mol. The Morgan fingerprint density at radius 2 is 2.38 bits per heavy atom. The van der Waals surface area contributed by atoms with Crippen molar-refractivity contribution in [1.29, 1.82) is 0 Å². The van der Waals surface area contributed by atoms with Crippen LogP contribution in [0.3, 0.4) is 0 Å². The number of nitrogens with one attached hydrogen (secondary N) is 2. The lowest BCUT2D eigenvalue weighted by atomic mass is 9.97. The Labute approximate surface area is 142 Å². The predicted octanol–water partition coefficient (Wildman–Crippen LogP) is 0.797. The summed E-state index contributed by atoms with van der Waals surface area (Å²) in [5.74, 6) is 0.546. The van der Waals surface area contributed by atoms with Gasteiger partial charge in [0.1, 0.15) is 4.88 Å². The fourth-order valence-corrected chi connectivity index (χ4v) is 3.15. The van der Waals surface area contributed by atoms with Crippen LogP contribution in [0.5, 0.6) is 0 Å². The number of nitrogens with zero attached hydrogens (tertiary/aromatic N) is 4. The van der Waals surface area contributed by atoms with Crippen molar-refractivity contribution in [3.63, 3.8) is 0 Å². The van der Waals surface area contributed by atoms with E-state index in [-0.39, 0.29) is 24.3 Å². The average molecular weight is 350 g/mol. The van der Waals surface area contributed by atoms with E-state index in [1.54, 1.807) is 0 Å². The number of rotatable bonds is 6. The van der Waals surface area contributed by atoms with Gasteiger partial charge in [0, 0.05) is 18.9 Å². The first-order valence-electron chi connectivity index (χ1n) is 7.86. The molecule has 3 rings (SSSR count). The lowest BCUT2D eigenvalue weighted by Crippen LogP contribution is -2.32. The maximum atomic E-state index is 12.2. The number of carbonyl (C=O) groups is 2. The van der Waals surface area contributed by atoms with Crippen molar-refractivity contribution in [3.05, 3.63) is 22.3 Å². The summed E-state index contributed by atoms with van der Waals surface area (Å²) in [5.41, 5.74) is 0.708. The third-order valence-corrected chi connectivity index (χ3v) is 4.51. The Bertz CT molecular complexity index is 728. The molecule has 0 saturated carbocycles. The molecular weight excluding hydrogens is 332 g/mol. The van der Waals surface area contributed by atoms with Crippen molar-refractivity contribution in [3.8, 4) is 0 Å². The second kappa shape index (κ2) is 7.47. The summed E-state index contributed by atoms with van der Waals surface area (Å²) in [7, 11) is 0. The maximum absolute atomic E-state index is 12.2. The molecule has 2 aromatic heterocycles. The Hall–Kier alpha value is -2.36. The molecule has 3 heterocycles. The largest absolute Gasteiger partial charge is 0.356 e. The van der Waals surface area contributed by atoms with Gasteiger partial charge in [-0.3, -0.25) is 9.59 Å². The van der Waals surface area contributed by atoms with Crippen LogP contribution < -0.4 is 10.6 Å². The van der Waals surface area contributed by atoms with Crippen molar-refractivity contribution in [2.75, 3.05) is 6.54 Å². The molecule has 2 aromatic rings. The van der Waals surface area contributed by atoms with Crippen LogP contribution in [0, 0.1) is 0 Å². The molecule has 1 atom stereocenters. The normalized spacial score (nSPS) is 17.5. The van der Waals surface area contributed by atoms with E-state index in [9.17, 15) is 9.59 Å². The minimum atomic E-state index is -0.245. The molecule has 24 heavy (non-hydrogen) atoms. The molecular formula is C14H18N6O3S. The fraction of sp³-hybridized carbons (Fsp3) is 0.571. The third kappa shape index (κ3) is 3.75. The zero-order chi connectivity index (χ0) is 16.9. The van der Waals surface area contributed by atoms with Gasteiger partial charge in [0.15, 0.2) is 5.82 Å². The fourth-order valence-electron chi connectivity index (χ4n) is 2.53. The number of hydrogen-bond acceptors (Lipinski definition) is 8. The zero-order valence-electron chi connectivity index (χ0n) is 13.2. The highest BCUT2D eigenvalue weighted by molar-refractivity contribution is 7.08. The van der Waals surface area contributed by atoms with E-state index < -0.39 is 0 Å². The Balaban J connectivity index is 1.58. The van der Waals surface area contributed by atoms with Gasteiger partial charge in [-0.15, -0.1) is 5.10 Å². The van der Waals surface area contributed by atoms with Gasteiger partial charge in [0.2, 0.25) is 11.8 Å². The molecule has 128 valence electrons. The second-order valence-electron chi connectivity index (χ2n) is 5.57. The van der Waals surface area contributed by atoms with Gasteiger partial charge >= 0.3 is 0 Å². The van der Waals surface area contributed by atoms with Gasteiger partial charge in [0.25, 0.3) is 5.91 Å². The molecule has 0 radical (unpaired) electrons. The first kappa shape index (κ1) is 16.5. The van der Waals surface area contributed by atoms with Crippen molar-refractivity contribution in [2.24, 2.45) is 0 Å². The van der Waals surface area contributed by atoms with Gasteiger partial charge in [-0.05, 0) is 24.4 Å². The van der Waals surface area contributed by atoms with Crippen LogP contribution in [-0.4, -0.2) is 38.1 Å². The van der Waals surface area contributed by atoms with E-state index in [1.807, 2.05) is 6.92 Å². The van der Waals surface area contributed by atoms with Gasteiger partial charge in [-0.1, -0.05) is 23.0 Å². The van der Waals surface area contributed by atoms with Crippen LogP contribution >= 0.6 is 11.5 Å². The summed E-state index contributed by atoms with van der Waals surface area (Å²) in [6.45, 7) is 2.77. The van der Waals surface area contributed by atoms with E-state index in [4.69, 9.17) is 4.52 Å². The number of piperidine rings is 1. The molecule has 1 saturated heterocycles. The summed E-state index contributed by atoms with van der Waals surface area (Å²) in [6, 6.07) is 0. The van der Waals surface area contributed by atoms with Crippen LogP contribution in [0.1, 0.15) is 59.2 Å². The first-order chi connectivity index (χ1) is 11.7. The Morgan fingerprint density at radius 3 is 3.17 bits per heavy atom. The molecule has 1 aliphatic rings. The molecule has 10 heteroatoms. The molecule has 0 aromatic carbocycles. The van der Waals surface area contributed by atoms with Crippen LogP contribution in [0.2, 0.25) is 0 Å². The van der Waals surface area contributed by atoms with Crippen LogP contribution in [0.25, 0.3) is 0 Å². The van der Waals surface area contributed by atoms with Gasteiger partial charge in [0.05, 0.1) is 12.2 Å². The zero-order valence-corrected chi connectivity index (χ0v) is 14.1. The van der Waals surface area contributed by atoms with E-state index in [1.165, 1.54) is 0 Å². The molecule has 0 aliphatic carbocycles. The molecule has 1 aliphatic heterocycles. The molecule has 2 amide bonds. The first-order valence-corrected chi connectivity index (χ1v) is 8.63.